The number of ether oxygens (including phenoxy) is 1. The highest BCUT2D eigenvalue weighted by molar-refractivity contribution is 6.30. The number of carbonyl (C=O) groups is 3. The molecule has 2 atom stereocenters. The first kappa shape index (κ1) is 14.9. The lowest BCUT2D eigenvalue weighted by molar-refractivity contribution is -0.125. The molecular formula is C12H12ClN3O5. The molecule has 2 unspecified atom stereocenters. The van der Waals surface area contributed by atoms with E-state index in [1.165, 1.54) is 6.07 Å². The van der Waals surface area contributed by atoms with Crippen LogP contribution in [-0.2, 0) is 9.59 Å². The Morgan fingerprint density at radius 1 is 1.52 bits per heavy atom. The largest absolute Gasteiger partial charge is 0.478 e. The van der Waals surface area contributed by atoms with Crippen LogP contribution in [0.1, 0.15) is 6.42 Å². The van der Waals surface area contributed by atoms with Gasteiger partial charge in [-0.2, -0.15) is 0 Å². The zero-order valence-electron chi connectivity index (χ0n) is 10.6. The van der Waals surface area contributed by atoms with Crippen LogP contribution in [0.4, 0.5) is 10.5 Å². The van der Waals surface area contributed by atoms with Crippen molar-refractivity contribution in [2.75, 3.05) is 5.32 Å². The third-order valence-electron chi connectivity index (χ3n) is 2.85. The highest BCUT2D eigenvalue weighted by Crippen LogP contribution is 2.33. The maximum atomic E-state index is 11.9. The number of primary amides is 1. The first-order chi connectivity index (χ1) is 9.86. The number of hydrogen-bond donors (Lipinski definition) is 4. The number of hydrogen-bond acceptors (Lipinski definition) is 4. The number of nitrogens with two attached hydrogens (primary N) is 1. The molecule has 1 heterocycles. The Hall–Kier alpha value is -2.48. The third kappa shape index (κ3) is 3.54. The van der Waals surface area contributed by atoms with Crippen LogP contribution in [0, 0.1) is 0 Å². The number of rotatable bonds is 4. The summed E-state index contributed by atoms with van der Waals surface area (Å²) >= 11 is 5.83. The molecule has 2 rings (SSSR count). The molecule has 0 saturated heterocycles. The Kier molecular flexibility index (Phi) is 4.18. The van der Waals surface area contributed by atoms with E-state index in [9.17, 15) is 14.4 Å². The smallest absolute Gasteiger partial charge is 0.405 e. The Balaban J connectivity index is 2.15. The van der Waals surface area contributed by atoms with Gasteiger partial charge in [0.2, 0.25) is 5.91 Å². The summed E-state index contributed by atoms with van der Waals surface area (Å²) in [7, 11) is 0. The van der Waals surface area contributed by atoms with Gasteiger partial charge in [0.25, 0.3) is 5.91 Å². The van der Waals surface area contributed by atoms with Crippen LogP contribution in [0.25, 0.3) is 0 Å². The molecule has 0 radical (unpaired) electrons. The highest BCUT2D eigenvalue weighted by atomic mass is 35.5. The van der Waals surface area contributed by atoms with Crippen LogP contribution in [0.15, 0.2) is 18.2 Å². The minimum Gasteiger partial charge on any atom is -0.478 e. The SMILES string of the molecule is NC(=O)C(CC1Oc2cc(Cl)ccc2NC1=O)NC(=O)O. The van der Waals surface area contributed by atoms with Crippen molar-refractivity contribution >= 4 is 35.2 Å². The molecule has 0 bridgehead atoms. The number of benzene rings is 1. The van der Waals surface area contributed by atoms with Gasteiger partial charge >= 0.3 is 6.09 Å². The fourth-order valence-corrected chi connectivity index (χ4v) is 2.04. The Morgan fingerprint density at radius 3 is 2.86 bits per heavy atom. The topological polar surface area (TPSA) is 131 Å². The van der Waals surface area contributed by atoms with Crippen molar-refractivity contribution < 1.29 is 24.2 Å². The molecule has 21 heavy (non-hydrogen) atoms. The molecule has 8 nitrogen and oxygen atoms in total. The van der Waals surface area contributed by atoms with E-state index < -0.39 is 30.1 Å². The monoisotopic (exact) mass is 313 g/mol. The molecule has 1 aromatic carbocycles. The molecule has 0 aliphatic carbocycles. The molecule has 0 aromatic heterocycles. The predicted octanol–water partition coefficient (Wildman–Crippen LogP) is 0.551. The average molecular weight is 314 g/mol. The molecule has 1 aliphatic rings. The molecule has 3 amide bonds. The molecule has 1 aliphatic heterocycles. The zero-order chi connectivity index (χ0) is 15.6. The van der Waals surface area contributed by atoms with E-state index in [1.54, 1.807) is 12.1 Å². The molecule has 9 heteroatoms. The minimum absolute atomic E-state index is 0.223. The summed E-state index contributed by atoms with van der Waals surface area (Å²) in [6, 6.07) is 3.43. The lowest BCUT2D eigenvalue weighted by Gasteiger charge is -2.27. The van der Waals surface area contributed by atoms with Gasteiger partial charge in [-0.1, -0.05) is 11.6 Å². The van der Waals surface area contributed by atoms with Crippen LogP contribution in [-0.4, -0.2) is 35.2 Å². The summed E-state index contributed by atoms with van der Waals surface area (Å²) in [5.74, 6) is -1.06. The fourth-order valence-electron chi connectivity index (χ4n) is 1.88. The van der Waals surface area contributed by atoms with Gasteiger partial charge in [-0.25, -0.2) is 4.79 Å². The molecule has 1 aromatic rings. The minimum atomic E-state index is -1.42. The van der Waals surface area contributed by atoms with Crippen molar-refractivity contribution in [1.29, 1.82) is 0 Å². The van der Waals surface area contributed by atoms with Crippen molar-refractivity contribution in [3.63, 3.8) is 0 Å². The maximum absolute atomic E-state index is 11.9. The molecular weight excluding hydrogens is 302 g/mol. The maximum Gasteiger partial charge on any atom is 0.405 e. The van der Waals surface area contributed by atoms with Gasteiger partial charge in [-0.15, -0.1) is 0 Å². The highest BCUT2D eigenvalue weighted by Gasteiger charge is 2.32. The van der Waals surface area contributed by atoms with E-state index >= 15 is 0 Å². The number of fused-ring (bicyclic) bond motifs is 1. The number of carbonyl (C=O) groups excluding carboxylic acids is 2. The zero-order valence-corrected chi connectivity index (χ0v) is 11.4. The fraction of sp³-hybridized carbons (Fsp3) is 0.250. The van der Waals surface area contributed by atoms with Crippen molar-refractivity contribution in [1.82, 2.24) is 5.32 Å². The van der Waals surface area contributed by atoms with Crippen LogP contribution in [0.2, 0.25) is 5.02 Å². The van der Waals surface area contributed by atoms with Gasteiger partial charge in [0.1, 0.15) is 11.8 Å². The summed E-state index contributed by atoms with van der Waals surface area (Å²) in [6.45, 7) is 0. The summed E-state index contributed by atoms with van der Waals surface area (Å²) < 4.78 is 5.45. The number of carboxylic acid groups (broad SMARTS) is 1. The van der Waals surface area contributed by atoms with Gasteiger partial charge in [-0.05, 0) is 12.1 Å². The average Bonchev–Trinajstić information content (AvgIpc) is 2.38. The van der Waals surface area contributed by atoms with Gasteiger partial charge in [0.15, 0.2) is 6.10 Å². The van der Waals surface area contributed by atoms with Gasteiger partial charge < -0.3 is 26.2 Å². The van der Waals surface area contributed by atoms with E-state index in [2.05, 4.69) is 5.32 Å². The molecule has 5 N–H and O–H groups in total. The van der Waals surface area contributed by atoms with Gasteiger partial charge in [-0.3, -0.25) is 9.59 Å². The first-order valence-electron chi connectivity index (χ1n) is 5.92. The van der Waals surface area contributed by atoms with Crippen molar-refractivity contribution in [3.05, 3.63) is 23.2 Å². The second kappa shape index (κ2) is 5.88. The van der Waals surface area contributed by atoms with E-state index in [-0.39, 0.29) is 6.42 Å². The van der Waals surface area contributed by atoms with Gasteiger partial charge in [0, 0.05) is 17.5 Å². The number of halogens is 1. The molecule has 0 fully saturated rings. The van der Waals surface area contributed by atoms with Crippen molar-refractivity contribution in [2.24, 2.45) is 5.73 Å². The van der Waals surface area contributed by atoms with Crippen LogP contribution in [0.5, 0.6) is 5.75 Å². The normalized spacial score (nSPS) is 18.0. The quantitative estimate of drug-likeness (QED) is 0.644. The van der Waals surface area contributed by atoms with E-state index in [0.717, 1.165) is 0 Å². The third-order valence-corrected chi connectivity index (χ3v) is 3.09. The van der Waals surface area contributed by atoms with Crippen molar-refractivity contribution in [2.45, 2.75) is 18.6 Å². The standard InChI is InChI=1S/C12H12ClN3O5/c13-5-1-2-6-8(3-5)21-9(11(18)15-6)4-7(10(14)17)16-12(19)20/h1-3,7,9,16H,4H2,(H2,14,17)(H,15,18)(H,19,20). The van der Waals surface area contributed by atoms with Crippen molar-refractivity contribution in [3.8, 4) is 5.75 Å². The van der Waals surface area contributed by atoms with Crippen LogP contribution in [0.3, 0.4) is 0 Å². The second-order valence-corrected chi connectivity index (χ2v) is 4.81. The second-order valence-electron chi connectivity index (χ2n) is 4.38. The van der Waals surface area contributed by atoms with Gasteiger partial charge in [0.05, 0.1) is 5.69 Å². The summed E-state index contributed by atoms with van der Waals surface area (Å²) in [5, 5.41) is 13.6. The Bertz CT molecular complexity index is 607. The number of amides is 3. The molecule has 112 valence electrons. The number of anilines is 1. The lowest BCUT2D eigenvalue weighted by atomic mass is 10.1. The van der Waals surface area contributed by atoms with E-state index in [1.807, 2.05) is 5.32 Å². The summed E-state index contributed by atoms with van der Waals surface area (Å²) in [5.41, 5.74) is 5.54. The summed E-state index contributed by atoms with van der Waals surface area (Å²) in [4.78, 5) is 33.7. The lowest BCUT2D eigenvalue weighted by Crippen LogP contribution is -2.49. The predicted molar refractivity (Wildman–Crippen MR) is 73.3 cm³/mol. The Morgan fingerprint density at radius 2 is 2.24 bits per heavy atom. The van der Waals surface area contributed by atoms with Crippen LogP contribution >= 0.6 is 11.6 Å². The first-order valence-corrected chi connectivity index (χ1v) is 6.30. The van der Waals surface area contributed by atoms with E-state index in [0.29, 0.717) is 16.5 Å². The molecule has 0 saturated carbocycles. The van der Waals surface area contributed by atoms with E-state index in [4.69, 9.17) is 27.2 Å². The molecule has 0 spiro atoms. The Labute approximate surface area is 124 Å². The van der Waals surface area contributed by atoms with Crippen LogP contribution < -0.4 is 21.1 Å². The number of nitrogens with one attached hydrogen (secondary N) is 2. The summed E-state index contributed by atoms with van der Waals surface area (Å²) in [6.07, 6.45) is -2.70.